The molecule has 1 aromatic carbocycles. The minimum Gasteiger partial charge on any atom is -0.467 e. The predicted octanol–water partition coefficient (Wildman–Crippen LogP) is 3.99. The van der Waals surface area contributed by atoms with Crippen molar-refractivity contribution >= 4 is 11.6 Å². The Morgan fingerprint density at radius 2 is 1.96 bits per heavy atom. The lowest BCUT2D eigenvalue weighted by atomic mass is 10.2. The van der Waals surface area contributed by atoms with Crippen molar-refractivity contribution in [3.05, 3.63) is 77.6 Å². The number of benzene rings is 1. The Hall–Kier alpha value is -2.83. The summed E-state index contributed by atoms with van der Waals surface area (Å²) in [5.41, 5.74) is 1.62. The molecule has 0 unspecified atom stereocenters. The fourth-order valence-electron chi connectivity index (χ4n) is 2.32. The third kappa shape index (κ3) is 4.82. The first-order valence-corrected chi connectivity index (χ1v) is 7.82. The van der Waals surface area contributed by atoms with Crippen LogP contribution in [-0.2, 0) is 29.3 Å². The SMILES string of the molecule is COCc1ccc(C(=O)Nc2cccc(COCc3ccco3)c2)o1. The van der Waals surface area contributed by atoms with Crippen LogP contribution in [-0.4, -0.2) is 13.0 Å². The average molecular weight is 341 g/mol. The van der Waals surface area contributed by atoms with E-state index in [-0.39, 0.29) is 11.7 Å². The smallest absolute Gasteiger partial charge is 0.291 e. The first kappa shape index (κ1) is 17.0. The van der Waals surface area contributed by atoms with Gasteiger partial charge in [0.2, 0.25) is 0 Å². The van der Waals surface area contributed by atoms with Gasteiger partial charge in [-0.25, -0.2) is 0 Å². The molecule has 0 spiro atoms. The minimum absolute atomic E-state index is 0.242. The van der Waals surface area contributed by atoms with Gasteiger partial charge in [-0.2, -0.15) is 0 Å². The number of hydrogen-bond donors (Lipinski definition) is 1. The van der Waals surface area contributed by atoms with Crippen LogP contribution < -0.4 is 5.32 Å². The predicted molar refractivity (Wildman–Crippen MR) is 91.0 cm³/mol. The second kappa shape index (κ2) is 8.32. The number of rotatable bonds is 8. The van der Waals surface area contributed by atoms with Crippen LogP contribution in [0.15, 0.2) is 63.6 Å². The van der Waals surface area contributed by atoms with Crippen molar-refractivity contribution in [1.82, 2.24) is 0 Å². The Morgan fingerprint density at radius 1 is 1.04 bits per heavy atom. The van der Waals surface area contributed by atoms with Crippen molar-refractivity contribution in [3.63, 3.8) is 0 Å². The fraction of sp³-hybridized carbons (Fsp3) is 0.211. The normalized spacial score (nSPS) is 10.8. The van der Waals surface area contributed by atoms with Crippen molar-refractivity contribution in [2.24, 2.45) is 0 Å². The van der Waals surface area contributed by atoms with Gasteiger partial charge in [-0.05, 0) is 42.0 Å². The molecule has 0 radical (unpaired) electrons. The molecule has 0 bridgehead atoms. The lowest BCUT2D eigenvalue weighted by molar-refractivity contribution is 0.0929. The Morgan fingerprint density at radius 3 is 2.76 bits per heavy atom. The van der Waals surface area contributed by atoms with Gasteiger partial charge in [0, 0.05) is 12.8 Å². The molecule has 2 heterocycles. The van der Waals surface area contributed by atoms with E-state index < -0.39 is 0 Å². The van der Waals surface area contributed by atoms with Gasteiger partial charge in [-0.1, -0.05) is 12.1 Å². The molecule has 0 aliphatic rings. The third-order valence-corrected chi connectivity index (χ3v) is 3.45. The van der Waals surface area contributed by atoms with Crippen LogP contribution in [0.1, 0.15) is 27.6 Å². The van der Waals surface area contributed by atoms with Crippen LogP contribution in [0, 0.1) is 0 Å². The van der Waals surface area contributed by atoms with Crippen molar-refractivity contribution in [2.45, 2.75) is 19.8 Å². The Bertz CT molecular complexity index is 807. The Kier molecular flexibility index (Phi) is 5.66. The van der Waals surface area contributed by atoms with Crippen LogP contribution in [0.5, 0.6) is 0 Å². The summed E-state index contributed by atoms with van der Waals surface area (Å²) in [6.45, 7) is 1.15. The molecule has 25 heavy (non-hydrogen) atoms. The summed E-state index contributed by atoms with van der Waals surface area (Å²) in [6.07, 6.45) is 1.61. The van der Waals surface area contributed by atoms with Gasteiger partial charge in [-0.3, -0.25) is 4.79 Å². The summed E-state index contributed by atoms with van der Waals surface area (Å²) in [6, 6.07) is 14.5. The number of methoxy groups -OCH3 is 1. The lowest BCUT2D eigenvalue weighted by Crippen LogP contribution is -2.11. The first-order valence-electron chi connectivity index (χ1n) is 7.82. The molecular formula is C19H19NO5. The summed E-state index contributed by atoms with van der Waals surface area (Å²) in [7, 11) is 1.57. The molecule has 0 aliphatic heterocycles. The number of ether oxygens (including phenoxy) is 2. The maximum Gasteiger partial charge on any atom is 0.291 e. The molecule has 0 saturated heterocycles. The van der Waals surface area contributed by atoms with Crippen molar-refractivity contribution in [1.29, 1.82) is 0 Å². The van der Waals surface area contributed by atoms with E-state index in [1.807, 2.05) is 36.4 Å². The molecule has 0 atom stereocenters. The van der Waals surface area contributed by atoms with Crippen LogP contribution in [0.4, 0.5) is 5.69 Å². The van der Waals surface area contributed by atoms with Gasteiger partial charge < -0.3 is 23.6 Å². The molecule has 0 saturated carbocycles. The zero-order valence-electron chi connectivity index (χ0n) is 13.9. The van der Waals surface area contributed by atoms with E-state index in [0.717, 1.165) is 11.3 Å². The van der Waals surface area contributed by atoms with Gasteiger partial charge in [-0.15, -0.1) is 0 Å². The zero-order valence-corrected chi connectivity index (χ0v) is 13.9. The Balaban J connectivity index is 1.55. The molecule has 3 rings (SSSR count). The second-order valence-corrected chi connectivity index (χ2v) is 5.43. The van der Waals surface area contributed by atoms with E-state index >= 15 is 0 Å². The summed E-state index contributed by atoms with van der Waals surface area (Å²) < 4.78 is 21.2. The quantitative estimate of drug-likeness (QED) is 0.670. The highest BCUT2D eigenvalue weighted by molar-refractivity contribution is 6.02. The van der Waals surface area contributed by atoms with Crippen LogP contribution in [0.2, 0.25) is 0 Å². The number of carbonyl (C=O) groups is 1. The molecular weight excluding hydrogens is 322 g/mol. The van der Waals surface area contributed by atoms with Crippen LogP contribution >= 0.6 is 0 Å². The molecule has 0 fully saturated rings. The number of hydrogen-bond acceptors (Lipinski definition) is 5. The standard InChI is InChI=1S/C19H19NO5/c1-22-12-17-7-8-18(25-17)19(21)20-15-5-2-4-14(10-15)11-23-13-16-6-3-9-24-16/h2-10H,11-13H2,1H3,(H,20,21). The summed E-state index contributed by atoms with van der Waals surface area (Å²) in [4.78, 5) is 12.2. The highest BCUT2D eigenvalue weighted by Gasteiger charge is 2.11. The van der Waals surface area contributed by atoms with Gasteiger partial charge in [0.15, 0.2) is 5.76 Å². The van der Waals surface area contributed by atoms with Crippen molar-refractivity contribution in [2.75, 3.05) is 12.4 Å². The van der Waals surface area contributed by atoms with Gasteiger partial charge in [0.25, 0.3) is 5.91 Å². The third-order valence-electron chi connectivity index (χ3n) is 3.45. The zero-order chi connectivity index (χ0) is 17.5. The number of carbonyl (C=O) groups excluding carboxylic acids is 1. The number of nitrogens with one attached hydrogen (secondary N) is 1. The number of amides is 1. The monoisotopic (exact) mass is 341 g/mol. The van der Waals surface area contributed by atoms with E-state index in [4.69, 9.17) is 18.3 Å². The van der Waals surface area contributed by atoms with E-state index in [0.29, 0.717) is 31.3 Å². The molecule has 0 aliphatic carbocycles. The first-order chi connectivity index (χ1) is 12.2. The van der Waals surface area contributed by atoms with E-state index in [9.17, 15) is 4.79 Å². The lowest BCUT2D eigenvalue weighted by Gasteiger charge is -2.07. The average Bonchev–Trinajstić information content (AvgIpc) is 3.27. The molecule has 3 aromatic rings. The molecule has 1 amide bonds. The molecule has 2 aromatic heterocycles. The minimum atomic E-state index is -0.309. The second-order valence-electron chi connectivity index (χ2n) is 5.43. The summed E-state index contributed by atoms with van der Waals surface area (Å²) in [5.74, 6) is 1.31. The molecule has 1 N–H and O–H groups in total. The highest BCUT2D eigenvalue weighted by atomic mass is 16.5. The maximum absolute atomic E-state index is 12.2. The maximum atomic E-state index is 12.2. The summed E-state index contributed by atoms with van der Waals surface area (Å²) in [5, 5.41) is 2.81. The van der Waals surface area contributed by atoms with Crippen molar-refractivity contribution < 1.29 is 23.1 Å². The highest BCUT2D eigenvalue weighted by Crippen LogP contribution is 2.15. The number of anilines is 1. The molecule has 130 valence electrons. The van der Waals surface area contributed by atoms with E-state index in [1.165, 1.54) is 0 Å². The van der Waals surface area contributed by atoms with E-state index in [2.05, 4.69) is 5.32 Å². The molecule has 6 nitrogen and oxygen atoms in total. The van der Waals surface area contributed by atoms with Gasteiger partial charge >= 0.3 is 0 Å². The van der Waals surface area contributed by atoms with Crippen LogP contribution in [0.25, 0.3) is 0 Å². The fourth-order valence-corrected chi connectivity index (χ4v) is 2.32. The van der Waals surface area contributed by atoms with E-state index in [1.54, 1.807) is 25.5 Å². The topological polar surface area (TPSA) is 73.8 Å². The van der Waals surface area contributed by atoms with Gasteiger partial charge in [0.1, 0.15) is 24.7 Å². The van der Waals surface area contributed by atoms with Crippen molar-refractivity contribution in [3.8, 4) is 0 Å². The van der Waals surface area contributed by atoms with Crippen LogP contribution in [0.3, 0.4) is 0 Å². The van der Waals surface area contributed by atoms with Gasteiger partial charge in [0.05, 0.1) is 12.9 Å². The number of furan rings is 2. The Labute approximate surface area is 145 Å². The molecule has 6 heteroatoms. The largest absolute Gasteiger partial charge is 0.467 e. The summed E-state index contributed by atoms with van der Waals surface area (Å²) >= 11 is 0.